The first-order valence-electron chi connectivity index (χ1n) is 6.77. The van der Waals surface area contributed by atoms with Crippen LogP contribution in [0.25, 0.3) is 0 Å². The molecule has 106 valence electrons. The minimum Gasteiger partial charge on any atom is -0.389 e. The minimum absolute atomic E-state index is 0.385. The van der Waals surface area contributed by atoms with Crippen molar-refractivity contribution in [2.45, 2.75) is 39.3 Å². The fourth-order valence-electron chi connectivity index (χ4n) is 2.04. The van der Waals surface area contributed by atoms with Crippen LogP contribution >= 0.6 is 12.2 Å². The van der Waals surface area contributed by atoms with E-state index in [-0.39, 0.29) is 0 Å². The lowest BCUT2D eigenvalue weighted by Gasteiger charge is -2.28. The molecule has 0 spiro atoms. The summed E-state index contributed by atoms with van der Waals surface area (Å²) in [5.74, 6) is 0. The van der Waals surface area contributed by atoms with Gasteiger partial charge in [-0.1, -0.05) is 43.4 Å². The van der Waals surface area contributed by atoms with E-state index in [2.05, 4.69) is 25.7 Å². The molecule has 19 heavy (non-hydrogen) atoms. The summed E-state index contributed by atoms with van der Waals surface area (Å²) >= 11 is 4.92. The predicted molar refractivity (Wildman–Crippen MR) is 84.3 cm³/mol. The molecule has 4 heteroatoms. The van der Waals surface area contributed by atoms with Crippen LogP contribution in [0.15, 0.2) is 24.3 Å². The van der Waals surface area contributed by atoms with Gasteiger partial charge in [0.1, 0.15) is 4.99 Å². The summed E-state index contributed by atoms with van der Waals surface area (Å²) in [6, 6.07) is 7.94. The zero-order valence-electron chi connectivity index (χ0n) is 12.0. The third-order valence-electron chi connectivity index (χ3n) is 3.23. The standard InChI is InChI=1S/C15H24N2OS/c1-4-9-17(11(2)3)10-14(18)12-5-7-13(8-6-12)15(16)19/h5-8,11,14,18H,4,9-10H2,1-3H3,(H2,16,19). The summed E-state index contributed by atoms with van der Waals surface area (Å²) in [6.45, 7) is 8.10. The second kappa shape index (κ2) is 7.58. The van der Waals surface area contributed by atoms with Gasteiger partial charge in [0.15, 0.2) is 0 Å². The Kier molecular flexibility index (Phi) is 6.42. The highest BCUT2D eigenvalue weighted by Crippen LogP contribution is 2.16. The molecule has 1 aromatic carbocycles. The van der Waals surface area contributed by atoms with Crippen molar-refractivity contribution < 1.29 is 5.11 Å². The topological polar surface area (TPSA) is 49.5 Å². The van der Waals surface area contributed by atoms with Crippen LogP contribution in [0.3, 0.4) is 0 Å². The first-order chi connectivity index (χ1) is 8.95. The molecule has 1 aromatic rings. The molecular weight excluding hydrogens is 256 g/mol. The molecule has 0 aliphatic heterocycles. The molecule has 0 saturated carbocycles. The molecule has 0 aliphatic rings. The van der Waals surface area contributed by atoms with Crippen molar-refractivity contribution in [3.05, 3.63) is 35.4 Å². The van der Waals surface area contributed by atoms with Crippen LogP contribution in [0.1, 0.15) is 44.4 Å². The van der Waals surface area contributed by atoms with Gasteiger partial charge in [0.2, 0.25) is 0 Å². The Morgan fingerprint density at radius 3 is 2.32 bits per heavy atom. The minimum atomic E-state index is -0.477. The Labute approximate surface area is 121 Å². The third-order valence-corrected chi connectivity index (χ3v) is 3.46. The van der Waals surface area contributed by atoms with Crippen LogP contribution in [-0.2, 0) is 0 Å². The Balaban J connectivity index is 2.71. The molecule has 1 atom stereocenters. The summed E-state index contributed by atoms with van der Waals surface area (Å²) in [7, 11) is 0. The maximum absolute atomic E-state index is 10.3. The van der Waals surface area contributed by atoms with Gasteiger partial charge < -0.3 is 10.8 Å². The number of nitrogens with zero attached hydrogens (tertiary/aromatic N) is 1. The summed E-state index contributed by atoms with van der Waals surface area (Å²) in [5, 5.41) is 10.3. The van der Waals surface area contributed by atoms with Crippen LogP contribution in [0.4, 0.5) is 0 Å². The molecule has 0 radical (unpaired) electrons. The summed E-state index contributed by atoms with van der Waals surface area (Å²) < 4.78 is 0. The number of hydrogen-bond acceptors (Lipinski definition) is 3. The van der Waals surface area contributed by atoms with E-state index in [1.54, 1.807) is 0 Å². The van der Waals surface area contributed by atoms with Crippen molar-refractivity contribution in [2.75, 3.05) is 13.1 Å². The van der Waals surface area contributed by atoms with E-state index < -0.39 is 6.10 Å². The lowest BCUT2D eigenvalue weighted by atomic mass is 10.1. The molecule has 0 heterocycles. The van der Waals surface area contributed by atoms with Gasteiger partial charge in [0.05, 0.1) is 6.10 Å². The van der Waals surface area contributed by atoms with Gasteiger partial charge >= 0.3 is 0 Å². The van der Waals surface area contributed by atoms with Gasteiger partial charge in [0.25, 0.3) is 0 Å². The molecule has 0 fully saturated rings. The molecule has 0 saturated heterocycles. The van der Waals surface area contributed by atoms with Crippen molar-refractivity contribution in [1.82, 2.24) is 4.90 Å². The number of aliphatic hydroxyl groups excluding tert-OH is 1. The lowest BCUT2D eigenvalue weighted by Crippen LogP contribution is -2.35. The number of aliphatic hydroxyl groups is 1. The molecule has 0 bridgehead atoms. The van der Waals surface area contributed by atoms with Gasteiger partial charge in [-0.15, -0.1) is 0 Å². The van der Waals surface area contributed by atoms with Crippen LogP contribution in [-0.4, -0.2) is 34.1 Å². The number of thiocarbonyl (C=S) groups is 1. The second-order valence-corrected chi connectivity index (χ2v) is 5.53. The molecular formula is C15H24N2OS. The van der Waals surface area contributed by atoms with Crippen molar-refractivity contribution in [3.8, 4) is 0 Å². The Morgan fingerprint density at radius 1 is 1.32 bits per heavy atom. The van der Waals surface area contributed by atoms with E-state index >= 15 is 0 Å². The quantitative estimate of drug-likeness (QED) is 0.753. The van der Waals surface area contributed by atoms with Crippen molar-refractivity contribution >= 4 is 17.2 Å². The number of hydrogen-bond donors (Lipinski definition) is 2. The third kappa shape index (κ3) is 4.90. The molecule has 0 aromatic heterocycles. The average Bonchev–Trinajstić information content (AvgIpc) is 2.38. The maximum Gasteiger partial charge on any atom is 0.103 e. The van der Waals surface area contributed by atoms with Crippen molar-refractivity contribution in [2.24, 2.45) is 5.73 Å². The van der Waals surface area contributed by atoms with E-state index in [1.165, 1.54) is 0 Å². The van der Waals surface area contributed by atoms with E-state index in [9.17, 15) is 5.11 Å². The summed E-state index contributed by atoms with van der Waals surface area (Å²) in [4.78, 5) is 2.67. The van der Waals surface area contributed by atoms with Gasteiger partial charge in [-0.05, 0) is 32.4 Å². The first-order valence-corrected chi connectivity index (χ1v) is 7.18. The predicted octanol–water partition coefficient (Wildman–Crippen LogP) is 2.47. The number of rotatable bonds is 7. The van der Waals surface area contributed by atoms with Gasteiger partial charge in [0, 0.05) is 18.2 Å². The number of nitrogens with two attached hydrogens (primary N) is 1. The highest BCUT2D eigenvalue weighted by molar-refractivity contribution is 7.80. The highest BCUT2D eigenvalue weighted by atomic mass is 32.1. The molecule has 1 rings (SSSR count). The van der Waals surface area contributed by atoms with Crippen LogP contribution in [0.2, 0.25) is 0 Å². The summed E-state index contributed by atoms with van der Waals surface area (Å²) in [6.07, 6.45) is 0.611. The Morgan fingerprint density at radius 2 is 1.89 bits per heavy atom. The largest absolute Gasteiger partial charge is 0.389 e. The summed E-state index contributed by atoms with van der Waals surface area (Å²) in [5.41, 5.74) is 7.30. The van der Waals surface area contributed by atoms with Gasteiger partial charge in [-0.2, -0.15) is 0 Å². The Bertz CT molecular complexity index is 403. The Hall–Kier alpha value is -0.970. The monoisotopic (exact) mass is 280 g/mol. The zero-order chi connectivity index (χ0) is 14.4. The van der Waals surface area contributed by atoms with E-state index in [1.807, 2.05) is 24.3 Å². The molecule has 3 nitrogen and oxygen atoms in total. The normalized spacial score (nSPS) is 12.9. The molecule has 0 amide bonds. The number of benzene rings is 1. The van der Waals surface area contributed by atoms with Gasteiger partial charge in [-0.25, -0.2) is 0 Å². The van der Waals surface area contributed by atoms with Crippen LogP contribution in [0.5, 0.6) is 0 Å². The van der Waals surface area contributed by atoms with E-state index in [0.717, 1.165) is 24.1 Å². The lowest BCUT2D eigenvalue weighted by molar-refractivity contribution is 0.0955. The smallest absolute Gasteiger partial charge is 0.103 e. The van der Waals surface area contributed by atoms with E-state index in [4.69, 9.17) is 18.0 Å². The first kappa shape index (κ1) is 16.1. The highest BCUT2D eigenvalue weighted by Gasteiger charge is 2.15. The molecule has 0 aliphatic carbocycles. The zero-order valence-corrected chi connectivity index (χ0v) is 12.8. The maximum atomic E-state index is 10.3. The molecule has 3 N–H and O–H groups in total. The fraction of sp³-hybridized carbons (Fsp3) is 0.533. The second-order valence-electron chi connectivity index (χ2n) is 5.09. The van der Waals surface area contributed by atoms with Crippen LogP contribution in [0, 0.1) is 0 Å². The van der Waals surface area contributed by atoms with Crippen LogP contribution < -0.4 is 5.73 Å². The van der Waals surface area contributed by atoms with Gasteiger partial charge in [-0.3, -0.25) is 4.90 Å². The SMILES string of the molecule is CCCN(CC(O)c1ccc(C(N)=S)cc1)C(C)C. The fourth-order valence-corrected chi connectivity index (χ4v) is 2.18. The average molecular weight is 280 g/mol. The van der Waals surface area contributed by atoms with Crippen molar-refractivity contribution in [1.29, 1.82) is 0 Å². The molecule has 1 unspecified atom stereocenters. The van der Waals surface area contributed by atoms with Crippen molar-refractivity contribution in [3.63, 3.8) is 0 Å². The van der Waals surface area contributed by atoms with E-state index in [0.29, 0.717) is 17.6 Å².